The molecule has 2 unspecified atom stereocenters. The highest BCUT2D eigenvalue weighted by Gasteiger charge is 2.26. The van der Waals surface area contributed by atoms with E-state index in [0.717, 1.165) is 0 Å². The molecule has 1 aromatic carbocycles. The van der Waals surface area contributed by atoms with Crippen LogP contribution in [-0.2, 0) is 0 Å². The molecule has 0 radical (unpaired) electrons. The summed E-state index contributed by atoms with van der Waals surface area (Å²) in [7, 11) is 1.55. The largest absolute Gasteiger partial charge is 0.493 e. The van der Waals surface area contributed by atoms with Crippen molar-refractivity contribution in [3.05, 3.63) is 22.2 Å². The molecular formula is C15H20BrNO3. The lowest BCUT2D eigenvalue weighted by atomic mass is 9.88. The molecule has 0 saturated carbocycles. The number of hydrogen-bond donors (Lipinski definition) is 1. The Bertz CT molecular complexity index is 497. The van der Waals surface area contributed by atoms with Gasteiger partial charge in [0.05, 0.1) is 36.3 Å². The van der Waals surface area contributed by atoms with Gasteiger partial charge in [0.2, 0.25) is 0 Å². The quantitative estimate of drug-likeness (QED) is 0.860. The van der Waals surface area contributed by atoms with E-state index in [0.29, 0.717) is 28.1 Å². The molecule has 2 atom stereocenters. The van der Waals surface area contributed by atoms with E-state index >= 15 is 0 Å². The molecule has 4 nitrogen and oxygen atoms in total. The second-order valence-electron chi connectivity index (χ2n) is 4.81. The zero-order valence-corrected chi connectivity index (χ0v) is 13.8. The summed E-state index contributed by atoms with van der Waals surface area (Å²) in [6.07, 6.45) is -0.727. The van der Waals surface area contributed by atoms with Gasteiger partial charge in [-0.15, -0.1) is 0 Å². The number of nitrogens with zero attached hydrogens (tertiary/aromatic N) is 1. The zero-order valence-electron chi connectivity index (χ0n) is 12.2. The summed E-state index contributed by atoms with van der Waals surface area (Å²) in [6, 6.07) is 5.71. The molecule has 0 fully saturated rings. The molecule has 0 saturated heterocycles. The summed E-state index contributed by atoms with van der Waals surface area (Å²) < 4.78 is 11.5. The van der Waals surface area contributed by atoms with E-state index in [9.17, 15) is 10.4 Å². The van der Waals surface area contributed by atoms with Crippen LogP contribution >= 0.6 is 15.9 Å². The fourth-order valence-corrected chi connectivity index (χ4v) is 2.51. The van der Waals surface area contributed by atoms with Gasteiger partial charge in [-0.05, 0) is 46.5 Å². The molecule has 0 heterocycles. The number of aliphatic hydroxyl groups is 1. The van der Waals surface area contributed by atoms with Crippen LogP contribution in [0.1, 0.15) is 32.3 Å². The van der Waals surface area contributed by atoms with Crippen LogP contribution in [0.3, 0.4) is 0 Å². The third-order valence-corrected chi connectivity index (χ3v) is 3.65. The first-order valence-corrected chi connectivity index (χ1v) is 7.33. The first kappa shape index (κ1) is 16.8. The van der Waals surface area contributed by atoms with Gasteiger partial charge in [0, 0.05) is 0 Å². The van der Waals surface area contributed by atoms with E-state index in [4.69, 9.17) is 9.47 Å². The van der Waals surface area contributed by atoms with Gasteiger partial charge in [-0.1, -0.05) is 13.8 Å². The molecule has 0 aliphatic rings. The van der Waals surface area contributed by atoms with Crippen LogP contribution in [-0.4, -0.2) is 24.9 Å². The molecular weight excluding hydrogens is 322 g/mol. The highest BCUT2D eigenvalue weighted by atomic mass is 79.9. The molecule has 0 spiro atoms. The van der Waals surface area contributed by atoms with Gasteiger partial charge in [-0.3, -0.25) is 0 Å². The van der Waals surface area contributed by atoms with E-state index in [1.54, 1.807) is 19.2 Å². The van der Waals surface area contributed by atoms with E-state index in [-0.39, 0.29) is 5.92 Å². The molecule has 1 aromatic rings. The Morgan fingerprint density at radius 1 is 1.40 bits per heavy atom. The lowest BCUT2D eigenvalue weighted by Crippen LogP contribution is -2.23. The summed E-state index contributed by atoms with van der Waals surface area (Å²) in [4.78, 5) is 0. The van der Waals surface area contributed by atoms with Crippen molar-refractivity contribution in [1.29, 1.82) is 5.26 Å². The average Bonchev–Trinajstić information content (AvgIpc) is 2.41. The van der Waals surface area contributed by atoms with Crippen molar-refractivity contribution in [2.75, 3.05) is 13.7 Å². The molecule has 0 aliphatic heterocycles. The fourth-order valence-electron chi connectivity index (χ4n) is 1.94. The maximum Gasteiger partial charge on any atom is 0.175 e. The van der Waals surface area contributed by atoms with Crippen LogP contribution in [0.2, 0.25) is 0 Å². The Balaban J connectivity index is 3.26. The summed E-state index contributed by atoms with van der Waals surface area (Å²) in [5, 5.41) is 19.5. The minimum atomic E-state index is -0.727. The van der Waals surface area contributed by atoms with Crippen molar-refractivity contribution in [2.24, 2.45) is 5.92 Å². The van der Waals surface area contributed by atoms with Gasteiger partial charge in [0.1, 0.15) is 0 Å². The minimum Gasteiger partial charge on any atom is -0.493 e. The second kappa shape index (κ2) is 7.51. The molecule has 0 bridgehead atoms. The predicted octanol–water partition coefficient (Wildman–Crippen LogP) is 3.48. The normalized spacial score (nSPS) is 13.7. The van der Waals surface area contributed by atoms with Gasteiger partial charge in [-0.25, -0.2) is 0 Å². The number of ether oxygens (including phenoxy) is 2. The van der Waals surface area contributed by atoms with Gasteiger partial charge in [0.25, 0.3) is 0 Å². The topological polar surface area (TPSA) is 62.5 Å². The summed E-state index contributed by atoms with van der Waals surface area (Å²) >= 11 is 3.43. The van der Waals surface area contributed by atoms with Crippen LogP contribution in [0.15, 0.2) is 16.6 Å². The third kappa shape index (κ3) is 3.65. The first-order valence-electron chi connectivity index (χ1n) is 6.54. The van der Waals surface area contributed by atoms with Crippen molar-refractivity contribution in [1.82, 2.24) is 0 Å². The molecule has 1 rings (SSSR count). The highest BCUT2D eigenvalue weighted by Crippen LogP contribution is 2.39. The van der Waals surface area contributed by atoms with Gasteiger partial charge < -0.3 is 14.6 Å². The molecule has 110 valence electrons. The molecule has 0 amide bonds. The number of methoxy groups -OCH3 is 1. The van der Waals surface area contributed by atoms with Gasteiger partial charge in [-0.2, -0.15) is 5.26 Å². The zero-order chi connectivity index (χ0) is 15.3. The van der Waals surface area contributed by atoms with Crippen LogP contribution < -0.4 is 9.47 Å². The number of aliphatic hydroxyl groups excluding tert-OH is 1. The molecule has 0 aromatic heterocycles. The second-order valence-corrected chi connectivity index (χ2v) is 5.66. The Morgan fingerprint density at radius 2 is 2.05 bits per heavy atom. The predicted molar refractivity (Wildman–Crippen MR) is 81.1 cm³/mol. The lowest BCUT2D eigenvalue weighted by Gasteiger charge is -2.22. The lowest BCUT2D eigenvalue weighted by molar-refractivity contribution is 0.113. The minimum absolute atomic E-state index is 0.00371. The van der Waals surface area contributed by atoms with Crippen LogP contribution in [0.4, 0.5) is 0 Å². The van der Waals surface area contributed by atoms with Crippen LogP contribution in [0.5, 0.6) is 11.5 Å². The number of nitriles is 1. The fraction of sp³-hybridized carbons (Fsp3) is 0.533. The summed E-state index contributed by atoms with van der Waals surface area (Å²) in [5.41, 5.74) is 0.709. The van der Waals surface area contributed by atoms with Crippen molar-refractivity contribution >= 4 is 15.9 Å². The van der Waals surface area contributed by atoms with Crippen molar-refractivity contribution < 1.29 is 14.6 Å². The Labute approximate surface area is 128 Å². The summed E-state index contributed by atoms with van der Waals surface area (Å²) in [5.74, 6) is 0.550. The summed E-state index contributed by atoms with van der Waals surface area (Å²) in [6.45, 7) is 6.18. The van der Waals surface area contributed by atoms with Crippen LogP contribution in [0.25, 0.3) is 0 Å². The first-order chi connectivity index (χ1) is 9.46. The number of hydrogen-bond acceptors (Lipinski definition) is 4. The molecule has 1 N–H and O–H groups in total. The Kier molecular flexibility index (Phi) is 6.31. The maximum atomic E-state index is 10.2. The van der Waals surface area contributed by atoms with Crippen molar-refractivity contribution in [3.63, 3.8) is 0 Å². The van der Waals surface area contributed by atoms with Crippen LogP contribution in [0, 0.1) is 17.2 Å². The number of halogens is 1. The van der Waals surface area contributed by atoms with Crippen molar-refractivity contribution in [3.8, 4) is 17.6 Å². The van der Waals surface area contributed by atoms with Gasteiger partial charge >= 0.3 is 0 Å². The van der Waals surface area contributed by atoms with Gasteiger partial charge in [0.15, 0.2) is 11.5 Å². The standard InChI is InChI=1S/C15H20BrNO3/c1-5-20-15-12(16)6-10(7-13(15)19-4)11(8-17)14(18)9(2)3/h6-7,9,11,14,18H,5H2,1-4H3. The molecule has 0 aliphatic carbocycles. The highest BCUT2D eigenvalue weighted by molar-refractivity contribution is 9.10. The number of rotatable bonds is 6. The smallest absolute Gasteiger partial charge is 0.175 e. The monoisotopic (exact) mass is 341 g/mol. The Morgan fingerprint density at radius 3 is 2.50 bits per heavy atom. The van der Waals surface area contributed by atoms with E-state index in [2.05, 4.69) is 22.0 Å². The third-order valence-electron chi connectivity index (χ3n) is 3.06. The van der Waals surface area contributed by atoms with Crippen molar-refractivity contribution in [2.45, 2.75) is 32.8 Å². The number of benzene rings is 1. The average molecular weight is 342 g/mol. The molecule has 5 heteroatoms. The van der Waals surface area contributed by atoms with E-state index < -0.39 is 12.0 Å². The Hall–Kier alpha value is -1.25. The van der Waals surface area contributed by atoms with E-state index in [1.807, 2.05) is 20.8 Å². The maximum absolute atomic E-state index is 10.2. The SMILES string of the molecule is CCOc1c(Br)cc(C(C#N)C(O)C(C)C)cc1OC. The molecule has 20 heavy (non-hydrogen) atoms. The van der Waals surface area contributed by atoms with E-state index in [1.165, 1.54) is 0 Å².